The molecule has 19 heavy (non-hydrogen) atoms. The number of aliphatic hydroxyl groups is 1. The highest BCUT2D eigenvalue weighted by Gasteiger charge is 2.09. The summed E-state index contributed by atoms with van der Waals surface area (Å²) in [7, 11) is 6.32. The van der Waals surface area contributed by atoms with E-state index in [2.05, 4.69) is 50.0 Å². The first-order valence-corrected chi connectivity index (χ1v) is 7.07. The lowest BCUT2D eigenvalue weighted by Gasteiger charge is -2.20. The molecular formula is C16H28N2O. The normalized spacial score (nSPS) is 13.2. The van der Waals surface area contributed by atoms with Gasteiger partial charge in [0.15, 0.2) is 0 Å². The van der Waals surface area contributed by atoms with Crippen LogP contribution in [0.4, 0.5) is 0 Å². The van der Waals surface area contributed by atoms with E-state index in [9.17, 15) is 5.11 Å². The minimum atomic E-state index is -0.351. The first-order valence-electron chi connectivity index (χ1n) is 7.07. The highest BCUT2D eigenvalue weighted by molar-refractivity contribution is 5.23. The average Bonchev–Trinajstić information content (AvgIpc) is 2.35. The van der Waals surface area contributed by atoms with Gasteiger partial charge in [-0.15, -0.1) is 0 Å². The average molecular weight is 264 g/mol. The van der Waals surface area contributed by atoms with Crippen molar-refractivity contribution in [1.29, 1.82) is 0 Å². The van der Waals surface area contributed by atoms with Crippen LogP contribution in [0.15, 0.2) is 24.3 Å². The summed E-state index contributed by atoms with van der Waals surface area (Å²) < 4.78 is 0. The third-order valence-electron chi connectivity index (χ3n) is 3.36. The summed E-state index contributed by atoms with van der Waals surface area (Å²) in [5.41, 5.74) is 2.23. The van der Waals surface area contributed by atoms with Gasteiger partial charge < -0.3 is 14.9 Å². The van der Waals surface area contributed by atoms with Crippen LogP contribution >= 0.6 is 0 Å². The van der Waals surface area contributed by atoms with E-state index in [0.29, 0.717) is 0 Å². The van der Waals surface area contributed by atoms with Gasteiger partial charge in [-0.3, -0.25) is 0 Å². The van der Waals surface area contributed by atoms with Crippen molar-refractivity contribution in [2.75, 3.05) is 40.8 Å². The molecule has 1 aromatic carbocycles. The zero-order chi connectivity index (χ0) is 14.3. The van der Waals surface area contributed by atoms with Crippen LogP contribution < -0.4 is 0 Å². The van der Waals surface area contributed by atoms with Crippen molar-refractivity contribution in [1.82, 2.24) is 9.80 Å². The highest BCUT2D eigenvalue weighted by Crippen LogP contribution is 2.17. The number of aryl methyl sites for hydroxylation is 1. The van der Waals surface area contributed by atoms with E-state index in [1.165, 1.54) is 12.0 Å². The summed E-state index contributed by atoms with van der Waals surface area (Å²) in [6.07, 6.45) is 1.61. The van der Waals surface area contributed by atoms with Gasteiger partial charge in [0.25, 0.3) is 0 Å². The molecule has 0 saturated carbocycles. The van der Waals surface area contributed by atoms with Crippen molar-refractivity contribution < 1.29 is 5.11 Å². The minimum absolute atomic E-state index is 0.351. The first-order chi connectivity index (χ1) is 8.99. The van der Waals surface area contributed by atoms with Crippen molar-refractivity contribution in [3.05, 3.63) is 35.4 Å². The van der Waals surface area contributed by atoms with Gasteiger partial charge in [-0.25, -0.2) is 0 Å². The topological polar surface area (TPSA) is 26.7 Å². The molecule has 3 heteroatoms. The van der Waals surface area contributed by atoms with Gasteiger partial charge in [0.2, 0.25) is 0 Å². The molecule has 1 atom stereocenters. The molecule has 108 valence electrons. The van der Waals surface area contributed by atoms with E-state index < -0.39 is 0 Å². The quantitative estimate of drug-likeness (QED) is 0.780. The Balaban J connectivity index is 2.27. The van der Waals surface area contributed by atoms with Gasteiger partial charge in [0.1, 0.15) is 0 Å². The van der Waals surface area contributed by atoms with Gasteiger partial charge >= 0.3 is 0 Å². The Morgan fingerprint density at radius 1 is 1.11 bits per heavy atom. The molecule has 0 fully saturated rings. The minimum Gasteiger partial charge on any atom is -0.388 e. The number of hydrogen-bond acceptors (Lipinski definition) is 3. The van der Waals surface area contributed by atoms with E-state index in [-0.39, 0.29) is 6.10 Å². The van der Waals surface area contributed by atoms with Gasteiger partial charge in [0.05, 0.1) is 6.10 Å². The second-order valence-electron chi connectivity index (χ2n) is 5.68. The SMILES string of the molecule is Cc1cccc(C(O)CCN(C)CCCN(C)C)c1. The molecule has 1 rings (SSSR count). The highest BCUT2D eigenvalue weighted by atomic mass is 16.3. The largest absolute Gasteiger partial charge is 0.388 e. The van der Waals surface area contributed by atoms with Crippen LogP contribution in [-0.2, 0) is 0 Å². The van der Waals surface area contributed by atoms with Crippen LogP contribution in [0, 0.1) is 6.92 Å². The zero-order valence-corrected chi connectivity index (χ0v) is 12.8. The van der Waals surface area contributed by atoms with E-state index in [4.69, 9.17) is 0 Å². The lowest BCUT2D eigenvalue weighted by Crippen LogP contribution is -2.25. The molecule has 0 bridgehead atoms. The van der Waals surface area contributed by atoms with E-state index in [1.54, 1.807) is 0 Å². The number of rotatable bonds is 8. The zero-order valence-electron chi connectivity index (χ0n) is 12.8. The molecular weight excluding hydrogens is 236 g/mol. The van der Waals surface area contributed by atoms with Crippen LogP contribution in [0.3, 0.4) is 0 Å². The Labute approximate surface area is 117 Å². The summed E-state index contributed by atoms with van der Waals surface area (Å²) >= 11 is 0. The van der Waals surface area contributed by atoms with Gasteiger partial charge in [-0.2, -0.15) is 0 Å². The van der Waals surface area contributed by atoms with Crippen molar-refractivity contribution in [3.63, 3.8) is 0 Å². The molecule has 0 aliphatic carbocycles. The Hall–Kier alpha value is -0.900. The molecule has 0 saturated heterocycles. The van der Waals surface area contributed by atoms with Crippen molar-refractivity contribution in [2.45, 2.75) is 25.9 Å². The molecule has 3 nitrogen and oxygen atoms in total. The Bertz CT molecular complexity index is 366. The van der Waals surface area contributed by atoms with Gasteiger partial charge in [0, 0.05) is 6.54 Å². The molecule has 0 spiro atoms. The van der Waals surface area contributed by atoms with Crippen molar-refractivity contribution in [3.8, 4) is 0 Å². The van der Waals surface area contributed by atoms with Crippen LogP contribution in [-0.4, -0.2) is 55.7 Å². The summed E-state index contributed by atoms with van der Waals surface area (Å²) in [5, 5.41) is 10.2. The molecule has 0 heterocycles. The maximum atomic E-state index is 10.2. The molecule has 0 aromatic heterocycles. The number of nitrogens with zero attached hydrogens (tertiary/aromatic N) is 2. The van der Waals surface area contributed by atoms with Crippen LogP contribution in [0.2, 0.25) is 0 Å². The molecule has 0 radical (unpaired) electrons. The van der Waals surface area contributed by atoms with E-state index >= 15 is 0 Å². The fourth-order valence-corrected chi connectivity index (χ4v) is 2.16. The molecule has 1 unspecified atom stereocenters. The molecule has 0 aliphatic heterocycles. The predicted octanol–water partition coefficient (Wildman–Crippen LogP) is 2.30. The second-order valence-corrected chi connectivity index (χ2v) is 5.68. The Kier molecular flexibility index (Phi) is 7.06. The third-order valence-corrected chi connectivity index (χ3v) is 3.36. The molecule has 1 aromatic rings. The van der Waals surface area contributed by atoms with Crippen LogP contribution in [0.5, 0.6) is 0 Å². The predicted molar refractivity (Wildman–Crippen MR) is 81.4 cm³/mol. The number of hydrogen-bond donors (Lipinski definition) is 1. The van der Waals surface area contributed by atoms with Crippen LogP contribution in [0.1, 0.15) is 30.1 Å². The second kappa shape index (κ2) is 8.31. The smallest absolute Gasteiger partial charge is 0.0802 e. The summed E-state index contributed by atoms with van der Waals surface area (Å²) in [5.74, 6) is 0. The van der Waals surface area contributed by atoms with Crippen LogP contribution in [0.25, 0.3) is 0 Å². The van der Waals surface area contributed by atoms with Gasteiger partial charge in [-0.1, -0.05) is 29.8 Å². The molecule has 1 N–H and O–H groups in total. The first kappa shape index (κ1) is 16.2. The fourth-order valence-electron chi connectivity index (χ4n) is 2.16. The Morgan fingerprint density at radius 3 is 2.47 bits per heavy atom. The number of aliphatic hydroxyl groups excluding tert-OH is 1. The van der Waals surface area contributed by atoms with Crippen molar-refractivity contribution >= 4 is 0 Å². The lowest BCUT2D eigenvalue weighted by molar-refractivity contribution is 0.148. The van der Waals surface area contributed by atoms with Crippen molar-refractivity contribution in [2.24, 2.45) is 0 Å². The maximum absolute atomic E-state index is 10.2. The maximum Gasteiger partial charge on any atom is 0.0802 e. The number of benzene rings is 1. The lowest BCUT2D eigenvalue weighted by atomic mass is 10.0. The van der Waals surface area contributed by atoms with E-state index in [1.807, 2.05) is 12.1 Å². The summed E-state index contributed by atoms with van der Waals surface area (Å²) in [6.45, 7) is 5.19. The Morgan fingerprint density at radius 2 is 1.84 bits per heavy atom. The monoisotopic (exact) mass is 264 g/mol. The summed E-state index contributed by atoms with van der Waals surface area (Å²) in [4.78, 5) is 4.50. The van der Waals surface area contributed by atoms with Gasteiger partial charge in [-0.05, 0) is 59.6 Å². The third kappa shape index (κ3) is 6.71. The standard InChI is InChI=1S/C16H28N2O/c1-14-7-5-8-15(13-14)16(19)9-12-18(4)11-6-10-17(2)3/h5,7-8,13,16,19H,6,9-12H2,1-4H3. The molecule has 0 amide bonds. The van der Waals surface area contributed by atoms with E-state index in [0.717, 1.165) is 31.6 Å². The fraction of sp³-hybridized carbons (Fsp3) is 0.625. The summed E-state index contributed by atoms with van der Waals surface area (Å²) in [6, 6.07) is 8.14. The molecule has 0 aliphatic rings.